The zero-order chi connectivity index (χ0) is 18.1. The second kappa shape index (κ2) is 10.2. The number of carbonyl (C=O) groups is 1. The van der Waals surface area contributed by atoms with Gasteiger partial charge in [-0.1, -0.05) is 6.42 Å². The van der Waals surface area contributed by atoms with Crippen LogP contribution in [0.25, 0.3) is 0 Å². The van der Waals surface area contributed by atoms with E-state index in [0.29, 0.717) is 45.9 Å². The quantitative estimate of drug-likeness (QED) is 0.615. The molecule has 0 bridgehead atoms. The summed E-state index contributed by atoms with van der Waals surface area (Å²) < 4.78 is 37.2. The van der Waals surface area contributed by atoms with E-state index >= 15 is 0 Å². The highest BCUT2D eigenvalue weighted by molar-refractivity contribution is 7.89. The number of rotatable bonds is 10. The fourth-order valence-corrected chi connectivity index (χ4v) is 5.45. The smallest absolute Gasteiger partial charge is 0.262 e. The number of methoxy groups -OCH3 is 1. The number of nitrogens with one attached hydrogen (secondary N) is 1. The highest BCUT2D eigenvalue weighted by atomic mass is 32.2. The van der Waals surface area contributed by atoms with E-state index in [2.05, 4.69) is 5.32 Å². The van der Waals surface area contributed by atoms with Gasteiger partial charge in [0, 0.05) is 33.4 Å². The maximum Gasteiger partial charge on any atom is 0.262 e. The van der Waals surface area contributed by atoms with E-state index in [4.69, 9.17) is 9.47 Å². The molecule has 9 heteroatoms. The Balaban J connectivity index is 1.88. The van der Waals surface area contributed by atoms with Crippen LogP contribution in [0.2, 0.25) is 0 Å². The van der Waals surface area contributed by atoms with Crippen molar-refractivity contribution >= 4 is 27.3 Å². The summed E-state index contributed by atoms with van der Waals surface area (Å²) in [5.41, 5.74) is 0. The van der Waals surface area contributed by atoms with Crippen molar-refractivity contribution in [1.82, 2.24) is 9.62 Å². The van der Waals surface area contributed by atoms with E-state index in [1.807, 2.05) is 0 Å². The minimum absolute atomic E-state index is 0.119. The van der Waals surface area contributed by atoms with Crippen molar-refractivity contribution < 1.29 is 22.7 Å². The number of piperidine rings is 1. The fourth-order valence-electron chi connectivity index (χ4n) is 2.61. The highest BCUT2D eigenvalue weighted by Gasteiger charge is 2.30. The molecule has 1 aliphatic rings. The van der Waals surface area contributed by atoms with Gasteiger partial charge in [-0.3, -0.25) is 4.79 Å². The molecule has 1 aromatic heterocycles. The van der Waals surface area contributed by atoms with Crippen LogP contribution in [0.5, 0.6) is 0 Å². The molecule has 2 rings (SSSR count). The van der Waals surface area contributed by atoms with Crippen LogP contribution in [0.15, 0.2) is 16.3 Å². The van der Waals surface area contributed by atoms with Gasteiger partial charge in [-0.25, -0.2) is 8.42 Å². The summed E-state index contributed by atoms with van der Waals surface area (Å²) in [6.45, 7) is 3.07. The van der Waals surface area contributed by atoms with Gasteiger partial charge in [-0.05, 0) is 30.7 Å². The standard InChI is InChI=1S/C16H26N2O5S2/c1-22-11-12-23-10-5-7-17-16(19)15-14(6-13-24-15)25(20,21)18-8-3-2-4-9-18/h6,13H,2-5,7-12H2,1H3,(H,17,19). The van der Waals surface area contributed by atoms with Crippen molar-refractivity contribution in [2.75, 3.05) is 46.6 Å². The average molecular weight is 391 g/mol. The van der Waals surface area contributed by atoms with Gasteiger partial charge in [0.05, 0.1) is 13.2 Å². The molecule has 2 heterocycles. The lowest BCUT2D eigenvalue weighted by atomic mass is 10.2. The molecule has 1 aliphatic heterocycles. The Bertz CT molecular complexity index is 639. The molecule has 0 spiro atoms. The lowest BCUT2D eigenvalue weighted by Gasteiger charge is -2.25. The Hall–Kier alpha value is -1.00. The molecule has 1 aromatic rings. The van der Waals surface area contributed by atoms with Crippen LogP contribution in [0.3, 0.4) is 0 Å². The topological polar surface area (TPSA) is 84.9 Å². The van der Waals surface area contributed by atoms with Crippen molar-refractivity contribution in [3.05, 3.63) is 16.3 Å². The highest BCUT2D eigenvalue weighted by Crippen LogP contribution is 2.27. The maximum absolute atomic E-state index is 12.8. The largest absolute Gasteiger partial charge is 0.382 e. The summed E-state index contributed by atoms with van der Waals surface area (Å²) in [6, 6.07) is 1.53. The predicted octanol–water partition coefficient (Wildman–Crippen LogP) is 1.71. The third kappa shape index (κ3) is 5.75. The van der Waals surface area contributed by atoms with E-state index in [9.17, 15) is 13.2 Å². The molecule has 25 heavy (non-hydrogen) atoms. The third-order valence-electron chi connectivity index (χ3n) is 3.95. The van der Waals surface area contributed by atoms with Crippen LogP contribution in [-0.4, -0.2) is 65.2 Å². The van der Waals surface area contributed by atoms with Gasteiger partial charge in [0.25, 0.3) is 5.91 Å². The lowest BCUT2D eigenvalue weighted by molar-refractivity contribution is 0.0688. The molecular weight excluding hydrogens is 364 g/mol. The first-order valence-corrected chi connectivity index (χ1v) is 10.8. The molecule has 1 fully saturated rings. The molecule has 0 saturated carbocycles. The van der Waals surface area contributed by atoms with E-state index in [1.54, 1.807) is 12.5 Å². The van der Waals surface area contributed by atoms with Crippen molar-refractivity contribution in [1.29, 1.82) is 0 Å². The third-order valence-corrected chi connectivity index (χ3v) is 6.93. The second-order valence-electron chi connectivity index (χ2n) is 5.79. The normalized spacial score (nSPS) is 16.0. The summed E-state index contributed by atoms with van der Waals surface area (Å²) in [4.78, 5) is 12.7. The van der Waals surface area contributed by atoms with E-state index in [1.165, 1.54) is 10.4 Å². The van der Waals surface area contributed by atoms with Gasteiger partial charge in [0.1, 0.15) is 9.77 Å². The molecule has 0 unspecified atom stereocenters. The molecule has 1 N–H and O–H groups in total. The van der Waals surface area contributed by atoms with Crippen LogP contribution in [0.1, 0.15) is 35.4 Å². The summed E-state index contributed by atoms with van der Waals surface area (Å²) in [5.74, 6) is -0.345. The van der Waals surface area contributed by atoms with E-state index < -0.39 is 10.0 Å². The molecule has 0 radical (unpaired) electrons. The number of sulfonamides is 1. The van der Waals surface area contributed by atoms with Crippen molar-refractivity contribution in [3.8, 4) is 0 Å². The van der Waals surface area contributed by atoms with Crippen molar-refractivity contribution in [2.24, 2.45) is 0 Å². The molecule has 1 saturated heterocycles. The van der Waals surface area contributed by atoms with E-state index in [0.717, 1.165) is 30.6 Å². The summed E-state index contributed by atoms with van der Waals surface area (Å²) >= 11 is 1.16. The molecule has 0 aromatic carbocycles. The average Bonchev–Trinajstić information content (AvgIpc) is 3.12. The van der Waals surface area contributed by atoms with Crippen molar-refractivity contribution in [2.45, 2.75) is 30.6 Å². The first kappa shape index (κ1) is 20.3. The van der Waals surface area contributed by atoms with Gasteiger partial charge in [0.2, 0.25) is 10.0 Å². The van der Waals surface area contributed by atoms with Gasteiger partial charge in [-0.2, -0.15) is 4.31 Å². The van der Waals surface area contributed by atoms with Crippen LogP contribution >= 0.6 is 11.3 Å². The number of hydrogen-bond acceptors (Lipinski definition) is 6. The number of amides is 1. The molecule has 0 atom stereocenters. The number of hydrogen-bond donors (Lipinski definition) is 1. The Labute approximate surface area is 153 Å². The van der Waals surface area contributed by atoms with E-state index in [-0.39, 0.29) is 15.7 Å². The van der Waals surface area contributed by atoms with Gasteiger partial charge in [-0.15, -0.1) is 11.3 Å². The summed E-state index contributed by atoms with van der Waals surface area (Å²) in [5, 5.41) is 4.42. The SMILES string of the molecule is COCCOCCCNC(=O)c1sccc1S(=O)(=O)N1CCCCC1. The zero-order valence-electron chi connectivity index (χ0n) is 14.5. The van der Waals surface area contributed by atoms with Crippen molar-refractivity contribution in [3.63, 3.8) is 0 Å². The first-order chi connectivity index (χ1) is 12.1. The Kier molecular flexibility index (Phi) is 8.31. The van der Waals surface area contributed by atoms with Gasteiger partial charge < -0.3 is 14.8 Å². The second-order valence-corrected chi connectivity index (χ2v) is 8.62. The first-order valence-electron chi connectivity index (χ1n) is 8.50. The number of carbonyl (C=O) groups excluding carboxylic acids is 1. The minimum atomic E-state index is -3.60. The van der Waals surface area contributed by atoms with Crippen LogP contribution in [-0.2, 0) is 19.5 Å². The van der Waals surface area contributed by atoms with Gasteiger partial charge in [0.15, 0.2) is 0 Å². The molecule has 0 aliphatic carbocycles. The molecule has 7 nitrogen and oxygen atoms in total. The fraction of sp³-hybridized carbons (Fsp3) is 0.688. The summed E-state index contributed by atoms with van der Waals surface area (Å²) in [7, 11) is -1.98. The predicted molar refractivity (Wildman–Crippen MR) is 96.6 cm³/mol. The Morgan fingerprint density at radius 3 is 2.72 bits per heavy atom. The molecular formula is C16H26N2O5S2. The number of thiophene rings is 1. The monoisotopic (exact) mass is 390 g/mol. The summed E-state index contributed by atoms with van der Waals surface area (Å²) in [6.07, 6.45) is 3.45. The Morgan fingerprint density at radius 2 is 2.00 bits per heavy atom. The zero-order valence-corrected chi connectivity index (χ0v) is 16.2. The van der Waals surface area contributed by atoms with Gasteiger partial charge >= 0.3 is 0 Å². The number of nitrogens with zero attached hydrogens (tertiary/aromatic N) is 1. The minimum Gasteiger partial charge on any atom is -0.382 e. The Morgan fingerprint density at radius 1 is 1.24 bits per heavy atom. The lowest BCUT2D eigenvalue weighted by Crippen LogP contribution is -2.36. The van der Waals surface area contributed by atoms with Crippen LogP contribution in [0.4, 0.5) is 0 Å². The van der Waals surface area contributed by atoms with Crippen LogP contribution in [0, 0.1) is 0 Å². The van der Waals surface area contributed by atoms with Crippen LogP contribution < -0.4 is 5.32 Å². The maximum atomic E-state index is 12.8. The molecule has 142 valence electrons. The number of ether oxygens (including phenoxy) is 2. The molecule has 1 amide bonds.